The van der Waals surface area contributed by atoms with Crippen LogP contribution in [-0.4, -0.2) is 12.3 Å². The van der Waals surface area contributed by atoms with Crippen molar-refractivity contribution in [2.75, 3.05) is 6.26 Å². The Morgan fingerprint density at radius 1 is 0.826 bits per heavy atom. The standard InChI is InChI=1S/C20H15NOS/c1-23-20-10-6-5-9-18(20)19-13-16(21-14-22)11-12-17(19)15-7-3-2-4-8-15/h2-13H,1H3. The van der Waals surface area contributed by atoms with Crippen LogP contribution in [0.15, 0.2) is 82.7 Å². The molecule has 0 saturated carbocycles. The van der Waals surface area contributed by atoms with Crippen LogP contribution in [0.5, 0.6) is 0 Å². The maximum Gasteiger partial charge on any atom is 0.240 e. The summed E-state index contributed by atoms with van der Waals surface area (Å²) in [6.07, 6.45) is 3.68. The highest BCUT2D eigenvalue weighted by atomic mass is 32.2. The predicted octanol–water partition coefficient (Wildman–Crippen LogP) is 5.71. The Morgan fingerprint density at radius 3 is 2.30 bits per heavy atom. The molecule has 3 aromatic carbocycles. The topological polar surface area (TPSA) is 29.4 Å². The Labute approximate surface area is 139 Å². The van der Waals surface area contributed by atoms with E-state index in [0.29, 0.717) is 5.69 Å². The molecule has 0 heterocycles. The molecule has 0 aliphatic rings. The summed E-state index contributed by atoms with van der Waals surface area (Å²) in [4.78, 5) is 15.6. The number of aliphatic imine (C=N–C) groups is 1. The summed E-state index contributed by atoms with van der Waals surface area (Å²) in [6, 6.07) is 24.3. The van der Waals surface area contributed by atoms with Crippen molar-refractivity contribution in [2.45, 2.75) is 4.90 Å². The SMILES string of the molecule is CSc1ccccc1-c1cc(N=C=O)ccc1-c1ccccc1. The molecular weight excluding hydrogens is 302 g/mol. The average Bonchev–Trinajstić information content (AvgIpc) is 2.62. The number of hydrogen-bond donors (Lipinski definition) is 0. The molecule has 0 atom stereocenters. The zero-order chi connectivity index (χ0) is 16.1. The number of nitrogens with zero attached hydrogens (tertiary/aromatic N) is 1. The number of rotatable bonds is 4. The van der Waals surface area contributed by atoms with Gasteiger partial charge < -0.3 is 0 Å². The first-order valence-electron chi connectivity index (χ1n) is 7.24. The van der Waals surface area contributed by atoms with E-state index in [1.807, 2.05) is 48.5 Å². The second-order valence-corrected chi connectivity index (χ2v) is 5.85. The van der Waals surface area contributed by atoms with Crippen LogP contribution in [0.1, 0.15) is 0 Å². The first-order chi connectivity index (χ1) is 11.3. The molecule has 3 aromatic rings. The molecule has 3 rings (SSSR count). The molecule has 0 aliphatic carbocycles. The van der Waals surface area contributed by atoms with Crippen LogP contribution in [0.25, 0.3) is 22.3 Å². The van der Waals surface area contributed by atoms with Gasteiger partial charge in [0.25, 0.3) is 0 Å². The fraction of sp³-hybridized carbons (Fsp3) is 0.0500. The van der Waals surface area contributed by atoms with Crippen molar-refractivity contribution in [3.05, 3.63) is 72.8 Å². The van der Waals surface area contributed by atoms with Crippen molar-refractivity contribution in [1.82, 2.24) is 0 Å². The summed E-state index contributed by atoms with van der Waals surface area (Å²) in [5.41, 5.74) is 5.09. The van der Waals surface area contributed by atoms with Crippen molar-refractivity contribution in [2.24, 2.45) is 4.99 Å². The van der Waals surface area contributed by atoms with E-state index in [4.69, 9.17) is 0 Å². The van der Waals surface area contributed by atoms with Crippen LogP contribution in [0.2, 0.25) is 0 Å². The third kappa shape index (κ3) is 3.26. The van der Waals surface area contributed by atoms with Crippen molar-refractivity contribution < 1.29 is 4.79 Å². The van der Waals surface area contributed by atoms with Crippen LogP contribution >= 0.6 is 11.8 Å². The van der Waals surface area contributed by atoms with Crippen LogP contribution in [0, 0.1) is 0 Å². The summed E-state index contributed by atoms with van der Waals surface area (Å²) in [7, 11) is 0. The van der Waals surface area contributed by atoms with Gasteiger partial charge in [0.2, 0.25) is 6.08 Å². The van der Waals surface area contributed by atoms with E-state index in [9.17, 15) is 4.79 Å². The fourth-order valence-electron chi connectivity index (χ4n) is 2.61. The van der Waals surface area contributed by atoms with Crippen LogP contribution in [0.4, 0.5) is 5.69 Å². The third-order valence-electron chi connectivity index (χ3n) is 3.66. The molecule has 0 spiro atoms. The lowest BCUT2D eigenvalue weighted by atomic mass is 9.94. The molecule has 0 amide bonds. The van der Waals surface area contributed by atoms with Gasteiger partial charge in [-0.25, -0.2) is 4.79 Å². The van der Waals surface area contributed by atoms with E-state index >= 15 is 0 Å². The number of benzene rings is 3. The summed E-state index contributed by atoms with van der Waals surface area (Å²) < 4.78 is 0. The normalized spacial score (nSPS) is 10.1. The summed E-state index contributed by atoms with van der Waals surface area (Å²) in [5, 5.41) is 0. The highest BCUT2D eigenvalue weighted by Crippen LogP contribution is 2.38. The Balaban J connectivity index is 2.27. The molecule has 2 nitrogen and oxygen atoms in total. The molecule has 0 unspecified atom stereocenters. The molecule has 23 heavy (non-hydrogen) atoms. The van der Waals surface area contributed by atoms with Crippen molar-refractivity contribution in [3.8, 4) is 22.3 Å². The van der Waals surface area contributed by atoms with Crippen LogP contribution in [0.3, 0.4) is 0 Å². The van der Waals surface area contributed by atoms with E-state index < -0.39 is 0 Å². The molecule has 0 bridgehead atoms. The predicted molar refractivity (Wildman–Crippen MR) is 96.9 cm³/mol. The third-order valence-corrected chi connectivity index (χ3v) is 4.46. The van der Waals surface area contributed by atoms with Gasteiger partial charge in [0, 0.05) is 4.90 Å². The lowest BCUT2D eigenvalue weighted by molar-refractivity contribution is 0.565. The van der Waals surface area contributed by atoms with Gasteiger partial charge in [0.15, 0.2) is 0 Å². The Kier molecular flexibility index (Phi) is 4.72. The van der Waals surface area contributed by atoms with Gasteiger partial charge in [0.1, 0.15) is 0 Å². The fourth-order valence-corrected chi connectivity index (χ4v) is 3.23. The van der Waals surface area contributed by atoms with Gasteiger partial charge in [0.05, 0.1) is 5.69 Å². The Hall–Kier alpha value is -2.61. The number of thioether (sulfide) groups is 1. The van der Waals surface area contributed by atoms with Crippen molar-refractivity contribution >= 4 is 23.5 Å². The summed E-state index contributed by atoms with van der Waals surface area (Å²) in [5.74, 6) is 0. The quantitative estimate of drug-likeness (QED) is 0.350. The van der Waals surface area contributed by atoms with Gasteiger partial charge in [-0.1, -0.05) is 54.6 Å². The molecule has 0 aromatic heterocycles. The molecule has 0 N–H and O–H groups in total. The largest absolute Gasteiger partial charge is 0.240 e. The Morgan fingerprint density at radius 2 is 1.57 bits per heavy atom. The van der Waals surface area contributed by atoms with Gasteiger partial charge >= 0.3 is 0 Å². The van der Waals surface area contributed by atoms with Gasteiger partial charge in [-0.2, -0.15) is 4.99 Å². The van der Waals surface area contributed by atoms with E-state index in [1.165, 1.54) is 4.90 Å². The second kappa shape index (κ2) is 7.10. The van der Waals surface area contributed by atoms with Gasteiger partial charge in [-0.05, 0) is 46.7 Å². The van der Waals surface area contributed by atoms with E-state index in [2.05, 4.69) is 35.5 Å². The first-order valence-corrected chi connectivity index (χ1v) is 8.46. The lowest BCUT2D eigenvalue weighted by Crippen LogP contribution is -1.87. The molecule has 0 fully saturated rings. The van der Waals surface area contributed by atoms with E-state index in [1.54, 1.807) is 17.8 Å². The zero-order valence-corrected chi connectivity index (χ0v) is 13.5. The van der Waals surface area contributed by atoms with E-state index in [-0.39, 0.29) is 0 Å². The zero-order valence-electron chi connectivity index (χ0n) is 12.7. The smallest absolute Gasteiger partial charge is 0.211 e. The molecule has 3 heteroatoms. The van der Waals surface area contributed by atoms with Crippen molar-refractivity contribution in [3.63, 3.8) is 0 Å². The molecule has 0 radical (unpaired) electrons. The number of isocyanates is 1. The number of hydrogen-bond acceptors (Lipinski definition) is 3. The van der Waals surface area contributed by atoms with Gasteiger partial charge in [-0.3, -0.25) is 0 Å². The minimum atomic E-state index is 0.616. The van der Waals surface area contributed by atoms with Crippen LogP contribution in [-0.2, 0) is 4.79 Å². The number of carbonyl (C=O) groups excluding carboxylic acids is 1. The molecular formula is C20H15NOS. The second-order valence-electron chi connectivity index (χ2n) is 5.00. The molecule has 0 saturated heterocycles. The van der Waals surface area contributed by atoms with E-state index in [0.717, 1.165) is 22.3 Å². The minimum absolute atomic E-state index is 0.616. The first kappa shape index (κ1) is 15.3. The minimum Gasteiger partial charge on any atom is -0.211 e. The molecule has 112 valence electrons. The summed E-state index contributed by atoms with van der Waals surface area (Å²) >= 11 is 1.71. The average molecular weight is 317 g/mol. The van der Waals surface area contributed by atoms with Crippen LogP contribution < -0.4 is 0 Å². The van der Waals surface area contributed by atoms with Crippen molar-refractivity contribution in [1.29, 1.82) is 0 Å². The summed E-state index contributed by atoms with van der Waals surface area (Å²) in [6.45, 7) is 0. The maximum absolute atomic E-state index is 10.6. The highest BCUT2D eigenvalue weighted by Gasteiger charge is 2.11. The molecule has 0 aliphatic heterocycles. The highest BCUT2D eigenvalue weighted by molar-refractivity contribution is 7.98. The van der Waals surface area contributed by atoms with Gasteiger partial charge in [-0.15, -0.1) is 11.8 Å². The maximum atomic E-state index is 10.6. The Bertz CT molecular complexity index is 868. The monoisotopic (exact) mass is 317 g/mol. The lowest BCUT2D eigenvalue weighted by Gasteiger charge is -2.14.